The summed E-state index contributed by atoms with van der Waals surface area (Å²) in [6, 6.07) is 4.37. The molecular formula is C18H16O7. The van der Waals surface area contributed by atoms with Gasteiger partial charge in [-0.25, -0.2) is 0 Å². The Bertz CT molecular complexity index is 846. The number of ether oxygens (including phenoxy) is 3. The summed E-state index contributed by atoms with van der Waals surface area (Å²) in [5, 5.41) is 10.2. The first-order valence-electron chi connectivity index (χ1n) is 8.44. The van der Waals surface area contributed by atoms with Crippen LogP contribution < -0.4 is 0 Å². The lowest BCUT2D eigenvalue weighted by atomic mass is 9.66. The predicted octanol–water partition coefficient (Wildman–Crippen LogP) is 1.16. The van der Waals surface area contributed by atoms with Gasteiger partial charge < -0.3 is 19.3 Å². The fourth-order valence-corrected chi connectivity index (χ4v) is 4.70. The Morgan fingerprint density at radius 3 is 2.76 bits per heavy atom. The van der Waals surface area contributed by atoms with Gasteiger partial charge in [0.2, 0.25) is 17.2 Å². The Morgan fingerprint density at radius 1 is 1.20 bits per heavy atom. The molecule has 7 heteroatoms. The molecule has 4 aliphatic rings. The Kier molecular flexibility index (Phi) is 2.69. The molecule has 0 bridgehead atoms. The van der Waals surface area contributed by atoms with Gasteiger partial charge in [-0.15, -0.1) is 0 Å². The summed E-state index contributed by atoms with van der Waals surface area (Å²) in [4.78, 5) is 38.3. The molecule has 3 heterocycles. The lowest BCUT2D eigenvalue weighted by molar-refractivity contribution is -0.146. The van der Waals surface area contributed by atoms with E-state index in [1.165, 1.54) is 18.2 Å². The van der Waals surface area contributed by atoms with Crippen LogP contribution in [0.15, 0.2) is 18.2 Å². The summed E-state index contributed by atoms with van der Waals surface area (Å²) in [6.07, 6.45) is -0.929. The molecule has 0 radical (unpaired) electrons. The predicted molar refractivity (Wildman–Crippen MR) is 81.4 cm³/mol. The zero-order chi connectivity index (χ0) is 17.6. The molecule has 2 unspecified atom stereocenters. The van der Waals surface area contributed by atoms with E-state index in [9.17, 15) is 19.5 Å². The van der Waals surface area contributed by atoms with E-state index in [1.54, 1.807) is 0 Å². The van der Waals surface area contributed by atoms with Crippen molar-refractivity contribution < 1.29 is 33.7 Å². The number of Topliss-reactive ketones (excluding diaryl/α,β-unsaturated/α-hetero) is 2. The maximum absolute atomic E-state index is 13.3. The summed E-state index contributed by atoms with van der Waals surface area (Å²) in [6.45, 7) is 1.94. The summed E-state index contributed by atoms with van der Waals surface area (Å²) in [5.74, 6) is -1.62. The van der Waals surface area contributed by atoms with Crippen molar-refractivity contribution in [2.75, 3.05) is 0 Å². The maximum atomic E-state index is 13.3. The molecule has 5 rings (SSSR count). The maximum Gasteiger partial charge on any atom is 0.309 e. The van der Waals surface area contributed by atoms with Gasteiger partial charge in [0, 0.05) is 5.56 Å². The highest BCUT2D eigenvalue weighted by Gasteiger charge is 2.91. The normalized spacial score (nSPS) is 40.7. The zero-order valence-corrected chi connectivity index (χ0v) is 13.5. The van der Waals surface area contributed by atoms with Gasteiger partial charge in [-0.1, -0.05) is 25.5 Å². The molecule has 25 heavy (non-hydrogen) atoms. The number of phenolic OH excluding ortho intramolecular Hbond substituents is 1. The number of carbonyl (C=O) groups is 3. The second-order valence-corrected chi connectivity index (χ2v) is 7.00. The van der Waals surface area contributed by atoms with Gasteiger partial charge in [-0.2, -0.15) is 0 Å². The molecule has 3 saturated heterocycles. The second-order valence-electron chi connectivity index (χ2n) is 7.00. The molecule has 1 aromatic carbocycles. The highest BCUT2D eigenvalue weighted by atomic mass is 16.7. The van der Waals surface area contributed by atoms with Gasteiger partial charge in [0.1, 0.15) is 11.9 Å². The number of hydrogen-bond donors (Lipinski definition) is 1. The number of ketones is 2. The number of phenols is 1. The van der Waals surface area contributed by atoms with Crippen molar-refractivity contribution >= 4 is 17.5 Å². The van der Waals surface area contributed by atoms with Crippen LogP contribution in [0.4, 0.5) is 0 Å². The first-order valence-corrected chi connectivity index (χ1v) is 8.44. The molecule has 0 spiro atoms. The van der Waals surface area contributed by atoms with Crippen LogP contribution in [0.1, 0.15) is 46.9 Å². The molecular weight excluding hydrogens is 328 g/mol. The summed E-state index contributed by atoms with van der Waals surface area (Å²) >= 11 is 0. The van der Waals surface area contributed by atoms with Crippen LogP contribution in [0.25, 0.3) is 0 Å². The van der Waals surface area contributed by atoms with E-state index in [1.807, 2.05) is 6.92 Å². The van der Waals surface area contributed by atoms with Crippen molar-refractivity contribution in [3.63, 3.8) is 0 Å². The first kappa shape index (κ1) is 15.0. The van der Waals surface area contributed by atoms with E-state index in [-0.39, 0.29) is 23.3 Å². The lowest BCUT2D eigenvalue weighted by Gasteiger charge is -2.39. The van der Waals surface area contributed by atoms with E-state index in [0.29, 0.717) is 12.8 Å². The second kappa shape index (κ2) is 4.47. The van der Waals surface area contributed by atoms with Crippen molar-refractivity contribution in [1.82, 2.24) is 0 Å². The Labute approximate surface area is 142 Å². The van der Waals surface area contributed by atoms with Gasteiger partial charge in [-0.05, 0) is 12.5 Å². The molecule has 0 aromatic heterocycles. The van der Waals surface area contributed by atoms with Crippen LogP contribution in [0, 0.1) is 0 Å². The largest absolute Gasteiger partial charge is 0.507 e. The quantitative estimate of drug-likeness (QED) is 0.634. The SMILES string of the molecule is CCC[C@H]1O[C@@H]2CC(=O)O[C@@H]2C23OC12C(=O)c1c(O)cccc1C3=O. The third-order valence-electron chi connectivity index (χ3n) is 5.73. The molecule has 0 saturated carbocycles. The molecule has 3 aliphatic heterocycles. The number of rotatable bonds is 2. The first-order chi connectivity index (χ1) is 12.0. The summed E-state index contributed by atoms with van der Waals surface area (Å²) in [7, 11) is 0. The highest BCUT2D eigenvalue weighted by Crippen LogP contribution is 2.66. The number of aromatic hydroxyl groups is 1. The third kappa shape index (κ3) is 1.48. The molecule has 1 aliphatic carbocycles. The minimum atomic E-state index is -1.53. The Morgan fingerprint density at radius 2 is 2.00 bits per heavy atom. The van der Waals surface area contributed by atoms with Gasteiger partial charge in [-0.3, -0.25) is 14.4 Å². The standard InChI is InChI=1S/C18H16O7/c1-2-4-11-17-15(22)13-8(5-3-6-9(13)19)14(21)18(17,25-17)16-10(23-11)7-12(20)24-16/h3,5-6,10-11,16,19H,2,4,7H2,1H3/t10-,11-,16+,17?,18?/m1/s1. The van der Waals surface area contributed by atoms with Crippen LogP contribution in [0.3, 0.4) is 0 Å². The van der Waals surface area contributed by atoms with E-state index in [2.05, 4.69) is 0 Å². The zero-order valence-electron chi connectivity index (χ0n) is 13.5. The fourth-order valence-electron chi connectivity index (χ4n) is 4.70. The summed E-state index contributed by atoms with van der Waals surface area (Å²) < 4.78 is 17.2. The van der Waals surface area contributed by atoms with Gasteiger partial charge in [0.25, 0.3) is 0 Å². The van der Waals surface area contributed by atoms with Crippen LogP contribution >= 0.6 is 0 Å². The Balaban J connectivity index is 1.74. The number of epoxide rings is 1. The number of carbonyl (C=O) groups excluding carboxylic acids is 3. The molecule has 3 fully saturated rings. The van der Waals surface area contributed by atoms with E-state index >= 15 is 0 Å². The molecule has 1 N–H and O–H groups in total. The van der Waals surface area contributed by atoms with Crippen molar-refractivity contribution in [3.05, 3.63) is 29.3 Å². The minimum absolute atomic E-state index is 0.0342. The van der Waals surface area contributed by atoms with Gasteiger partial charge >= 0.3 is 5.97 Å². The summed E-state index contributed by atoms with van der Waals surface area (Å²) in [5.41, 5.74) is -2.97. The third-order valence-corrected chi connectivity index (χ3v) is 5.73. The topological polar surface area (TPSA) is 102 Å². The van der Waals surface area contributed by atoms with E-state index in [0.717, 1.165) is 0 Å². The van der Waals surface area contributed by atoms with Gasteiger partial charge in [0.15, 0.2) is 11.7 Å². The van der Waals surface area contributed by atoms with Crippen molar-refractivity contribution in [2.45, 2.75) is 55.7 Å². The van der Waals surface area contributed by atoms with Crippen LogP contribution in [-0.2, 0) is 19.0 Å². The minimum Gasteiger partial charge on any atom is -0.507 e. The van der Waals surface area contributed by atoms with E-state index in [4.69, 9.17) is 14.2 Å². The van der Waals surface area contributed by atoms with E-state index < -0.39 is 47.0 Å². The number of fused-ring (bicyclic) bond motifs is 2. The molecule has 1 aromatic rings. The van der Waals surface area contributed by atoms with Gasteiger partial charge in [0.05, 0.1) is 18.1 Å². The monoisotopic (exact) mass is 344 g/mol. The number of esters is 1. The lowest BCUT2D eigenvalue weighted by Crippen LogP contribution is -2.63. The highest BCUT2D eigenvalue weighted by molar-refractivity contribution is 6.27. The number of benzene rings is 1. The average Bonchev–Trinajstić information content (AvgIpc) is 3.18. The molecule has 130 valence electrons. The Hall–Kier alpha value is -2.25. The van der Waals surface area contributed by atoms with Crippen LogP contribution in [0.5, 0.6) is 5.75 Å². The van der Waals surface area contributed by atoms with Crippen molar-refractivity contribution in [2.24, 2.45) is 0 Å². The fraction of sp³-hybridized carbons (Fsp3) is 0.500. The van der Waals surface area contributed by atoms with Crippen molar-refractivity contribution in [1.29, 1.82) is 0 Å². The average molecular weight is 344 g/mol. The molecule has 5 atom stereocenters. The van der Waals surface area contributed by atoms with Crippen molar-refractivity contribution in [3.8, 4) is 5.75 Å². The smallest absolute Gasteiger partial charge is 0.309 e. The molecule has 7 nitrogen and oxygen atoms in total. The molecule has 0 amide bonds. The van der Waals surface area contributed by atoms with Crippen LogP contribution in [-0.4, -0.2) is 52.2 Å². The number of hydrogen-bond acceptors (Lipinski definition) is 7. The van der Waals surface area contributed by atoms with Crippen LogP contribution in [0.2, 0.25) is 0 Å².